The normalized spacial score (nSPS) is 13.1. The van der Waals surface area contributed by atoms with E-state index in [1.165, 1.54) is 108 Å². The van der Waals surface area contributed by atoms with E-state index in [1.807, 2.05) is 66.0 Å². The molecule has 0 atom stereocenters. The Morgan fingerprint density at radius 3 is 0.820 bits per heavy atom. The lowest BCUT2D eigenvalue weighted by Gasteiger charge is -2.40. The lowest BCUT2D eigenvalue weighted by atomic mass is 9.67. The molecule has 0 bridgehead atoms. The molecule has 4 aromatic heterocycles. The van der Waals surface area contributed by atoms with E-state index in [2.05, 4.69) is 382 Å². The third-order valence-corrected chi connectivity index (χ3v) is 27.3. The van der Waals surface area contributed by atoms with Crippen LogP contribution < -0.4 is 0 Å². The van der Waals surface area contributed by atoms with Crippen molar-refractivity contribution in [3.05, 3.63) is 469 Å². The van der Waals surface area contributed by atoms with Gasteiger partial charge in [0.05, 0.1) is 56.0 Å². The minimum Gasteiger partial charge on any atom is -0.247 e. The van der Waals surface area contributed by atoms with Crippen LogP contribution in [-0.4, -0.2) is 29.9 Å². The highest BCUT2D eigenvalue weighted by Gasteiger charge is 2.52. The maximum atomic E-state index is 5.48. The first-order chi connectivity index (χ1) is 60.4. The van der Waals surface area contributed by atoms with E-state index in [0.29, 0.717) is 11.6 Å². The summed E-state index contributed by atoms with van der Waals surface area (Å²) in [7, 11) is 0. The van der Waals surface area contributed by atoms with Crippen molar-refractivity contribution in [1.82, 2.24) is 29.9 Å². The van der Waals surface area contributed by atoms with Crippen LogP contribution in [0.25, 0.3) is 167 Å². The van der Waals surface area contributed by atoms with Crippen LogP contribution in [0.5, 0.6) is 0 Å². The van der Waals surface area contributed by atoms with Gasteiger partial charge in [-0.05, 0) is 161 Å². The fourth-order valence-electron chi connectivity index (χ4n) is 19.6. The zero-order valence-corrected chi connectivity index (χ0v) is 67.5. The summed E-state index contributed by atoms with van der Waals surface area (Å²) in [4.78, 5) is 36.8. The van der Waals surface area contributed by atoms with Crippen LogP contribution in [0.4, 0.5) is 0 Å². The first kappa shape index (κ1) is 71.1. The second-order valence-electron chi connectivity index (χ2n) is 31.7. The van der Waals surface area contributed by atoms with Crippen molar-refractivity contribution in [2.45, 2.75) is 30.4 Å². The molecule has 0 unspecified atom stereocenters. The number of nitrogens with zero attached hydrogens (tertiary/aromatic N) is 6. The molecule has 2 spiro atoms. The monoisotopic (exact) mass is 1590 g/mol. The fourth-order valence-corrected chi connectivity index (χ4v) is 22.1. The first-order valence-electron chi connectivity index (χ1n) is 41.4. The van der Waals surface area contributed by atoms with Gasteiger partial charge in [-0.2, -0.15) is 0 Å². The molecule has 0 N–H and O–H groups in total. The molecule has 6 nitrogen and oxygen atoms in total. The summed E-state index contributed by atoms with van der Waals surface area (Å²) in [6, 6.07) is 153. The quantitative estimate of drug-likeness (QED) is 0.132. The summed E-state index contributed by atoms with van der Waals surface area (Å²) < 4.78 is 0. The summed E-state index contributed by atoms with van der Waals surface area (Å²) in [6.45, 7) is 0. The molecule has 0 fully saturated rings. The molecule has 568 valence electrons. The number of hydrogen-bond acceptors (Lipinski definition) is 8. The van der Waals surface area contributed by atoms with Crippen molar-refractivity contribution >= 4 is 66.9 Å². The number of benzene rings is 17. The number of rotatable bonds is 9. The topological polar surface area (TPSA) is 77.3 Å². The molecule has 0 amide bonds. The van der Waals surface area contributed by atoms with Gasteiger partial charge in [-0.3, -0.25) is 0 Å². The summed E-state index contributed by atoms with van der Waals surface area (Å²) in [5.74, 6) is 1.39. The molecule has 0 saturated heterocycles. The molecule has 21 aromatic rings. The number of aromatic nitrogens is 6. The number of fused-ring (bicyclic) bond motifs is 24. The standard InChI is InChI=1S/C60H37N3S.C54H33N3S/c1-4-16-38(17-5-1)39-28-30-40(31-29-39)54-37-55(63-59(62-54)42-20-8-3-9-21-42)43-32-33-53-47(34-43)46-35-52-57(36-48(46)58(61-53)41-18-6-2-7-19-41)64-56-27-15-14-26-51(56)60(52)49-24-12-10-22-44(49)45-23-11-13-25-50(45)60;1-4-16-34(17-5-1)48-33-49(57-53(56-48)36-20-8-3-9-21-36)37-28-29-47-41(30-37)40-31-46-51(32-42(40)52(55-47)35-18-6-2-7-19-35)58-50-27-15-14-26-45(50)54(46)43-24-12-10-22-38(43)39-23-11-13-25-44(39)54/h1-37H;1-33H. The van der Waals surface area contributed by atoms with Gasteiger partial charge in [-0.25, -0.2) is 29.9 Å². The zero-order valence-electron chi connectivity index (χ0n) is 65.9. The molecule has 2 aliphatic heterocycles. The van der Waals surface area contributed by atoms with Crippen molar-refractivity contribution in [3.8, 4) is 124 Å². The van der Waals surface area contributed by atoms with Gasteiger partial charge in [0.2, 0.25) is 0 Å². The first-order valence-corrected chi connectivity index (χ1v) is 43.1. The Balaban J connectivity index is 0.000000139. The maximum absolute atomic E-state index is 5.48. The Bertz CT molecular complexity index is 7650. The largest absolute Gasteiger partial charge is 0.247 e. The van der Waals surface area contributed by atoms with Gasteiger partial charge in [0.1, 0.15) is 0 Å². The lowest BCUT2D eigenvalue weighted by Crippen LogP contribution is -2.32. The van der Waals surface area contributed by atoms with Crippen molar-refractivity contribution in [2.75, 3.05) is 0 Å². The second-order valence-corrected chi connectivity index (χ2v) is 33.9. The predicted octanol–water partition coefficient (Wildman–Crippen LogP) is 29.0. The average molecular weight is 1590 g/mol. The van der Waals surface area contributed by atoms with Crippen LogP contribution >= 0.6 is 23.5 Å². The van der Waals surface area contributed by atoms with Gasteiger partial charge >= 0.3 is 0 Å². The summed E-state index contributed by atoms with van der Waals surface area (Å²) in [5.41, 5.74) is 32.7. The lowest BCUT2D eigenvalue weighted by molar-refractivity contribution is 0.724. The van der Waals surface area contributed by atoms with Crippen LogP contribution in [0, 0.1) is 0 Å². The highest BCUT2D eigenvalue weighted by molar-refractivity contribution is 7.99. The van der Waals surface area contributed by atoms with E-state index < -0.39 is 10.8 Å². The van der Waals surface area contributed by atoms with Crippen LogP contribution in [-0.2, 0) is 10.8 Å². The Kier molecular flexibility index (Phi) is 16.8. The number of hydrogen-bond donors (Lipinski definition) is 0. The van der Waals surface area contributed by atoms with Gasteiger partial charge in [0, 0.05) is 85.6 Å². The molecule has 6 heterocycles. The van der Waals surface area contributed by atoms with Crippen molar-refractivity contribution in [2.24, 2.45) is 0 Å². The highest BCUT2D eigenvalue weighted by Crippen LogP contribution is 2.65. The highest BCUT2D eigenvalue weighted by atomic mass is 32.2. The van der Waals surface area contributed by atoms with Crippen LogP contribution in [0.1, 0.15) is 44.5 Å². The molecule has 17 aromatic carbocycles. The van der Waals surface area contributed by atoms with Crippen LogP contribution in [0.3, 0.4) is 0 Å². The summed E-state index contributed by atoms with van der Waals surface area (Å²) in [5, 5.41) is 6.78. The zero-order chi connectivity index (χ0) is 80.4. The fraction of sp³-hybridized carbons (Fsp3) is 0.0175. The third-order valence-electron chi connectivity index (χ3n) is 25.1. The van der Waals surface area contributed by atoms with E-state index in [1.54, 1.807) is 0 Å². The molecule has 0 saturated carbocycles. The van der Waals surface area contributed by atoms with Gasteiger partial charge in [-0.1, -0.05) is 375 Å². The summed E-state index contributed by atoms with van der Waals surface area (Å²) in [6.07, 6.45) is 0. The van der Waals surface area contributed by atoms with Gasteiger partial charge < -0.3 is 0 Å². The molecule has 0 radical (unpaired) electrons. The van der Waals surface area contributed by atoms with Gasteiger partial charge in [0.15, 0.2) is 11.6 Å². The molecule has 122 heavy (non-hydrogen) atoms. The van der Waals surface area contributed by atoms with Crippen LogP contribution in [0.15, 0.2) is 444 Å². The van der Waals surface area contributed by atoms with E-state index in [4.69, 9.17) is 29.9 Å². The Morgan fingerprint density at radius 2 is 0.443 bits per heavy atom. The third kappa shape index (κ3) is 11.4. The SMILES string of the molecule is c1ccc(-c2cc(-c3ccc4nc(-c5ccccc5)c5cc6c(cc5c4c3)C3(c4ccccc4S6)c4ccccc4-c4ccccc43)nc(-c3ccccc3)n2)cc1.c1ccc(-c2ccc(-c3cc(-c4ccc5nc(-c6ccccc6)c6cc7c(cc6c5c4)C4(c5ccccc5S7)c5ccccc5-c5ccccc54)nc(-c4ccccc4)n3)cc2)cc1. The number of pyridine rings is 2. The molecule has 4 aliphatic rings. The predicted molar refractivity (Wildman–Crippen MR) is 501 cm³/mol. The van der Waals surface area contributed by atoms with E-state index in [-0.39, 0.29) is 0 Å². The minimum absolute atomic E-state index is 0.486. The maximum Gasteiger partial charge on any atom is 0.160 e. The minimum atomic E-state index is -0.499. The van der Waals surface area contributed by atoms with Crippen molar-refractivity contribution in [3.63, 3.8) is 0 Å². The average Bonchev–Trinajstić information content (AvgIpc) is 1.49. The molecule has 25 rings (SSSR count). The van der Waals surface area contributed by atoms with Gasteiger partial charge in [0.25, 0.3) is 0 Å². The smallest absolute Gasteiger partial charge is 0.160 e. The summed E-state index contributed by atoms with van der Waals surface area (Å²) >= 11 is 3.74. The Hall–Kier alpha value is -15.1. The van der Waals surface area contributed by atoms with E-state index in [9.17, 15) is 0 Å². The molecular weight excluding hydrogens is 1520 g/mol. The van der Waals surface area contributed by atoms with Crippen molar-refractivity contribution < 1.29 is 0 Å². The second kappa shape index (κ2) is 28.9. The molecule has 2 aliphatic carbocycles. The van der Waals surface area contributed by atoms with Crippen molar-refractivity contribution in [1.29, 1.82) is 0 Å². The van der Waals surface area contributed by atoms with E-state index in [0.717, 1.165) is 111 Å². The Labute approximate surface area is 714 Å². The van der Waals surface area contributed by atoms with Gasteiger partial charge in [-0.15, -0.1) is 0 Å². The molecule has 8 heteroatoms. The van der Waals surface area contributed by atoms with E-state index >= 15 is 0 Å². The van der Waals surface area contributed by atoms with Crippen LogP contribution in [0.2, 0.25) is 0 Å². The molecular formula is C114H70N6S2. The Morgan fingerprint density at radius 1 is 0.164 bits per heavy atom.